The number of aliphatic imine (C=N–C) groups is 1. The molecule has 0 radical (unpaired) electrons. The molecule has 0 saturated carbocycles. The van der Waals surface area contributed by atoms with E-state index in [-0.39, 0.29) is 12.5 Å². The molecule has 2 N–H and O–H groups in total. The Bertz CT molecular complexity index is 599. The van der Waals surface area contributed by atoms with Crippen molar-refractivity contribution in [3.05, 3.63) is 33.0 Å². The van der Waals surface area contributed by atoms with Gasteiger partial charge in [-0.05, 0) is 30.8 Å². The highest BCUT2D eigenvalue weighted by Gasteiger charge is 2.11. The van der Waals surface area contributed by atoms with E-state index in [9.17, 15) is 5.11 Å². The molecule has 0 bridgehead atoms. The predicted molar refractivity (Wildman–Crippen MR) is 76.8 cm³/mol. The zero-order chi connectivity index (χ0) is 13.7. The molecule has 2 aromatic heterocycles. The molecule has 2 heterocycles. The SMILES string of the molecule is OCCCN=Cc1sc(=S)n(Cc2ccco2)c1O. The van der Waals surface area contributed by atoms with Crippen molar-refractivity contribution < 1.29 is 14.6 Å². The van der Waals surface area contributed by atoms with Crippen LogP contribution in [-0.2, 0) is 6.54 Å². The van der Waals surface area contributed by atoms with Crippen molar-refractivity contribution in [3.63, 3.8) is 0 Å². The van der Waals surface area contributed by atoms with Crippen LogP contribution in [-0.4, -0.2) is 34.1 Å². The van der Waals surface area contributed by atoms with Gasteiger partial charge in [-0.1, -0.05) is 11.3 Å². The van der Waals surface area contributed by atoms with Crippen LogP contribution in [0.2, 0.25) is 0 Å². The van der Waals surface area contributed by atoms with E-state index in [1.807, 2.05) is 6.07 Å². The Morgan fingerprint density at radius 3 is 3.05 bits per heavy atom. The standard InChI is InChI=1S/C12H14N2O3S2/c15-5-2-4-13-7-10-11(16)14(12(18)19-10)8-9-3-1-6-17-9/h1,3,6-7,15-16H,2,4-5,8H2. The monoisotopic (exact) mass is 298 g/mol. The van der Waals surface area contributed by atoms with Gasteiger partial charge in [0.1, 0.15) is 10.6 Å². The number of aliphatic hydroxyl groups is 1. The maximum atomic E-state index is 10.1. The van der Waals surface area contributed by atoms with E-state index >= 15 is 0 Å². The van der Waals surface area contributed by atoms with Crippen LogP contribution in [0, 0.1) is 3.95 Å². The summed E-state index contributed by atoms with van der Waals surface area (Å²) in [7, 11) is 0. The number of hydrogen-bond acceptors (Lipinski definition) is 6. The summed E-state index contributed by atoms with van der Waals surface area (Å²) in [6.07, 6.45) is 3.78. The Kier molecular flexibility index (Phi) is 4.89. The lowest BCUT2D eigenvalue weighted by Gasteiger charge is -2.01. The van der Waals surface area contributed by atoms with Crippen LogP contribution in [0.1, 0.15) is 17.1 Å². The zero-order valence-electron chi connectivity index (χ0n) is 10.2. The van der Waals surface area contributed by atoms with Gasteiger partial charge in [0.05, 0.1) is 12.8 Å². The predicted octanol–water partition coefficient (Wildman–Crippen LogP) is 2.43. The smallest absolute Gasteiger partial charge is 0.212 e. The number of thiazole rings is 1. The van der Waals surface area contributed by atoms with Crippen molar-refractivity contribution in [2.45, 2.75) is 13.0 Å². The minimum Gasteiger partial charge on any atom is -0.493 e. The first-order chi connectivity index (χ1) is 9.22. The van der Waals surface area contributed by atoms with E-state index in [0.717, 1.165) is 5.76 Å². The average molecular weight is 298 g/mol. The van der Waals surface area contributed by atoms with Crippen molar-refractivity contribution in [1.82, 2.24) is 4.57 Å². The van der Waals surface area contributed by atoms with Crippen LogP contribution in [0.5, 0.6) is 5.88 Å². The Labute approximate surface area is 119 Å². The average Bonchev–Trinajstić information content (AvgIpc) is 2.99. The first-order valence-electron chi connectivity index (χ1n) is 5.78. The van der Waals surface area contributed by atoms with E-state index in [1.165, 1.54) is 11.3 Å². The van der Waals surface area contributed by atoms with Crippen LogP contribution in [0.15, 0.2) is 27.8 Å². The van der Waals surface area contributed by atoms with Crippen LogP contribution in [0.4, 0.5) is 0 Å². The molecule has 7 heteroatoms. The van der Waals surface area contributed by atoms with E-state index in [1.54, 1.807) is 23.1 Å². The van der Waals surface area contributed by atoms with Gasteiger partial charge in [0.25, 0.3) is 0 Å². The van der Waals surface area contributed by atoms with Crippen molar-refractivity contribution in [1.29, 1.82) is 0 Å². The molecular formula is C12H14N2O3S2. The van der Waals surface area contributed by atoms with Crippen molar-refractivity contribution in [2.75, 3.05) is 13.2 Å². The van der Waals surface area contributed by atoms with Crippen LogP contribution >= 0.6 is 23.6 Å². The molecule has 0 saturated heterocycles. The Morgan fingerprint density at radius 2 is 2.37 bits per heavy atom. The molecular weight excluding hydrogens is 284 g/mol. The topological polar surface area (TPSA) is 70.9 Å². The third-order valence-electron chi connectivity index (χ3n) is 2.44. The number of hydrogen-bond donors (Lipinski definition) is 2. The van der Waals surface area contributed by atoms with Gasteiger partial charge < -0.3 is 14.6 Å². The molecule has 0 aliphatic heterocycles. The molecule has 0 amide bonds. The number of aromatic hydroxyl groups is 1. The van der Waals surface area contributed by atoms with E-state index in [4.69, 9.17) is 21.7 Å². The van der Waals surface area contributed by atoms with E-state index in [2.05, 4.69) is 4.99 Å². The maximum Gasteiger partial charge on any atom is 0.212 e. The minimum atomic E-state index is 0.0964. The first kappa shape index (κ1) is 14.0. The number of furan rings is 1. The second-order valence-corrected chi connectivity index (χ2v) is 5.51. The first-order valence-corrected chi connectivity index (χ1v) is 7.00. The summed E-state index contributed by atoms with van der Waals surface area (Å²) in [5.74, 6) is 0.826. The maximum absolute atomic E-state index is 10.1. The second-order valence-electron chi connectivity index (χ2n) is 3.83. The third kappa shape index (κ3) is 3.52. The molecule has 0 aliphatic carbocycles. The largest absolute Gasteiger partial charge is 0.493 e. The van der Waals surface area contributed by atoms with Gasteiger partial charge >= 0.3 is 0 Å². The normalized spacial score (nSPS) is 11.4. The van der Waals surface area contributed by atoms with Gasteiger partial charge in [-0.25, -0.2) is 0 Å². The van der Waals surface area contributed by atoms with Crippen LogP contribution < -0.4 is 0 Å². The zero-order valence-corrected chi connectivity index (χ0v) is 11.8. The summed E-state index contributed by atoms with van der Waals surface area (Å²) in [5.41, 5.74) is 0. The number of aromatic nitrogens is 1. The minimum absolute atomic E-state index is 0.0964. The second kappa shape index (κ2) is 6.65. The van der Waals surface area contributed by atoms with Crippen LogP contribution in [0.3, 0.4) is 0 Å². The van der Waals surface area contributed by atoms with Gasteiger partial charge in [0.2, 0.25) is 5.88 Å². The molecule has 0 spiro atoms. The molecule has 0 aromatic carbocycles. The molecule has 2 aromatic rings. The highest BCUT2D eigenvalue weighted by atomic mass is 32.1. The van der Waals surface area contributed by atoms with Gasteiger partial charge in [0, 0.05) is 19.4 Å². The molecule has 0 aliphatic rings. The summed E-state index contributed by atoms with van der Waals surface area (Å²) >= 11 is 6.51. The number of rotatable bonds is 6. The highest BCUT2D eigenvalue weighted by molar-refractivity contribution is 7.73. The Morgan fingerprint density at radius 1 is 1.53 bits per heavy atom. The van der Waals surface area contributed by atoms with E-state index < -0.39 is 0 Å². The summed E-state index contributed by atoms with van der Waals surface area (Å²) in [5, 5.41) is 18.7. The fraction of sp³-hybridized carbons (Fsp3) is 0.333. The Balaban J connectivity index is 2.15. The fourth-order valence-corrected chi connectivity index (χ4v) is 2.70. The molecule has 2 rings (SSSR count). The summed E-state index contributed by atoms with van der Waals surface area (Å²) in [6, 6.07) is 3.62. The lowest BCUT2D eigenvalue weighted by Crippen LogP contribution is -1.97. The van der Waals surface area contributed by atoms with E-state index in [0.29, 0.717) is 28.3 Å². The lowest BCUT2D eigenvalue weighted by molar-refractivity contribution is 0.291. The van der Waals surface area contributed by atoms with Gasteiger partial charge in [0.15, 0.2) is 3.95 Å². The summed E-state index contributed by atoms with van der Waals surface area (Å²) in [6.45, 7) is 1.04. The molecule has 102 valence electrons. The molecule has 5 nitrogen and oxygen atoms in total. The summed E-state index contributed by atoms with van der Waals surface area (Å²) < 4.78 is 7.41. The molecule has 0 fully saturated rings. The quantitative estimate of drug-likeness (QED) is 0.488. The lowest BCUT2D eigenvalue weighted by atomic mass is 10.4. The number of nitrogens with zero attached hydrogens (tertiary/aromatic N) is 2. The summed E-state index contributed by atoms with van der Waals surface area (Å²) in [4.78, 5) is 4.75. The van der Waals surface area contributed by atoms with Crippen molar-refractivity contribution in [2.24, 2.45) is 4.99 Å². The van der Waals surface area contributed by atoms with Crippen LogP contribution in [0.25, 0.3) is 0 Å². The Hall–Kier alpha value is -1.44. The van der Waals surface area contributed by atoms with Gasteiger partial charge in [-0.3, -0.25) is 9.56 Å². The third-order valence-corrected chi connectivity index (χ3v) is 3.81. The molecule has 0 unspecified atom stereocenters. The van der Waals surface area contributed by atoms with Gasteiger partial charge in [-0.2, -0.15) is 0 Å². The molecule has 19 heavy (non-hydrogen) atoms. The van der Waals surface area contributed by atoms with Gasteiger partial charge in [-0.15, -0.1) is 0 Å². The van der Waals surface area contributed by atoms with Crippen molar-refractivity contribution in [3.8, 4) is 5.88 Å². The fourth-order valence-electron chi connectivity index (χ4n) is 1.51. The molecule has 0 atom stereocenters. The number of aliphatic hydroxyl groups excluding tert-OH is 1. The van der Waals surface area contributed by atoms with Crippen molar-refractivity contribution >= 4 is 29.8 Å². The highest BCUT2D eigenvalue weighted by Crippen LogP contribution is 2.25.